The zero-order valence-corrected chi connectivity index (χ0v) is 15.7. The lowest BCUT2D eigenvalue weighted by Gasteiger charge is -2.28. The summed E-state index contributed by atoms with van der Waals surface area (Å²) in [5.41, 5.74) is 3.53. The number of anilines is 2. The molecule has 1 heterocycles. The number of carbonyl (C=O) groups excluding carboxylic acids is 2. The lowest BCUT2D eigenvalue weighted by molar-refractivity contribution is -0.137. The van der Waals surface area contributed by atoms with Gasteiger partial charge < -0.3 is 15.8 Å². The normalized spacial score (nSPS) is 17.7. The van der Waals surface area contributed by atoms with E-state index in [4.69, 9.17) is 10.5 Å². The van der Waals surface area contributed by atoms with Gasteiger partial charge in [0.05, 0.1) is 16.9 Å². The number of nitrogen functional groups attached to an aromatic ring is 1. The van der Waals surface area contributed by atoms with E-state index < -0.39 is 41.1 Å². The van der Waals surface area contributed by atoms with Crippen LogP contribution in [0.3, 0.4) is 0 Å². The summed E-state index contributed by atoms with van der Waals surface area (Å²) in [6.45, 7) is 6.95. The maximum Gasteiger partial charge on any atom is 0.418 e. The Morgan fingerprint density at radius 3 is 2.44 bits per heavy atom. The van der Waals surface area contributed by atoms with Crippen molar-refractivity contribution >= 4 is 23.4 Å². The van der Waals surface area contributed by atoms with Crippen molar-refractivity contribution in [2.24, 2.45) is 0 Å². The highest BCUT2D eigenvalue weighted by Crippen LogP contribution is 2.38. The van der Waals surface area contributed by atoms with Crippen LogP contribution in [0.5, 0.6) is 0 Å². The summed E-state index contributed by atoms with van der Waals surface area (Å²) >= 11 is 0. The van der Waals surface area contributed by atoms with E-state index in [0.29, 0.717) is 24.9 Å². The van der Waals surface area contributed by atoms with Gasteiger partial charge in [0.1, 0.15) is 11.6 Å². The van der Waals surface area contributed by atoms with Gasteiger partial charge in [0.15, 0.2) is 0 Å². The van der Waals surface area contributed by atoms with Gasteiger partial charge >= 0.3 is 12.3 Å². The quantitative estimate of drug-likeness (QED) is 0.753. The minimum Gasteiger partial charge on any atom is -0.444 e. The number of nitrogens with two attached hydrogens (primary N) is 1. The van der Waals surface area contributed by atoms with Crippen molar-refractivity contribution in [1.82, 2.24) is 4.90 Å². The smallest absolute Gasteiger partial charge is 0.418 e. The summed E-state index contributed by atoms with van der Waals surface area (Å²) < 4.78 is 44.6. The highest BCUT2D eigenvalue weighted by atomic mass is 19.4. The van der Waals surface area contributed by atoms with Crippen molar-refractivity contribution in [3.8, 4) is 0 Å². The molecule has 150 valence electrons. The van der Waals surface area contributed by atoms with Gasteiger partial charge in [0.2, 0.25) is 5.91 Å². The molecule has 3 N–H and O–H groups in total. The summed E-state index contributed by atoms with van der Waals surface area (Å²) in [5.74, 6) is -0.594. The first kappa shape index (κ1) is 20.9. The average Bonchev–Trinajstić information content (AvgIpc) is 2.97. The number of halogens is 3. The fourth-order valence-corrected chi connectivity index (χ4v) is 2.93. The highest BCUT2D eigenvalue weighted by molar-refractivity contribution is 5.99. The van der Waals surface area contributed by atoms with Crippen molar-refractivity contribution in [1.29, 1.82) is 0 Å². The highest BCUT2D eigenvalue weighted by Gasteiger charge is 2.38. The molecule has 0 bridgehead atoms. The SMILES string of the molecule is Cc1cc(NC(=O)[C@H]2CCCN2C(=O)OC(C)(C)C)c(N)c(C(F)(F)F)c1. The molecule has 1 aromatic rings. The van der Waals surface area contributed by atoms with E-state index in [1.807, 2.05) is 0 Å². The minimum absolute atomic E-state index is 0.122. The number of nitrogens with zero attached hydrogens (tertiary/aromatic N) is 1. The Morgan fingerprint density at radius 1 is 1.26 bits per heavy atom. The van der Waals surface area contributed by atoms with Crippen LogP contribution < -0.4 is 11.1 Å². The minimum atomic E-state index is -4.63. The third-order valence-corrected chi connectivity index (χ3v) is 4.07. The number of benzene rings is 1. The summed E-state index contributed by atoms with van der Waals surface area (Å²) in [5, 5.41) is 2.44. The summed E-state index contributed by atoms with van der Waals surface area (Å²) in [4.78, 5) is 26.2. The molecule has 2 amide bonds. The van der Waals surface area contributed by atoms with Crippen LogP contribution in [0.15, 0.2) is 12.1 Å². The molecule has 27 heavy (non-hydrogen) atoms. The fourth-order valence-electron chi connectivity index (χ4n) is 2.93. The zero-order chi connectivity index (χ0) is 20.6. The Balaban J connectivity index is 2.22. The van der Waals surface area contributed by atoms with Gasteiger partial charge in [-0.15, -0.1) is 0 Å². The molecule has 0 spiro atoms. The molecule has 0 aliphatic carbocycles. The number of nitrogens with one attached hydrogen (secondary N) is 1. The maximum absolute atomic E-state index is 13.1. The summed E-state index contributed by atoms with van der Waals surface area (Å²) in [6, 6.07) is 1.47. The van der Waals surface area contributed by atoms with Gasteiger partial charge in [-0.2, -0.15) is 13.2 Å². The molecule has 6 nitrogen and oxygen atoms in total. The first-order valence-electron chi connectivity index (χ1n) is 8.57. The molecule has 1 saturated heterocycles. The van der Waals surface area contributed by atoms with Crippen LogP contribution >= 0.6 is 0 Å². The predicted molar refractivity (Wildman–Crippen MR) is 95.2 cm³/mol. The molecular weight excluding hydrogens is 363 g/mol. The van der Waals surface area contributed by atoms with Crippen molar-refractivity contribution in [3.63, 3.8) is 0 Å². The Kier molecular flexibility index (Phi) is 5.63. The molecule has 9 heteroatoms. The molecule has 0 saturated carbocycles. The molecule has 1 fully saturated rings. The van der Waals surface area contributed by atoms with Gasteiger partial charge in [-0.3, -0.25) is 9.69 Å². The predicted octanol–water partition coefficient (Wildman–Crippen LogP) is 3.93. The van der Waals surface area contributed by atoms with Crippen LogP contribution in [0, 0.1) is 6.92 Å². The number of hydrogen-bond donors (Lipinski definition) is 2. The lowest BCUT2D eigenvalue weighted by Crippen LogP contribution is -2.45. The Labute approximate surface area is 155 Å². The van der Waals surface area contributed by atoms with Crippen LogP contribution in [0.1, 0.15) is 44.7 Å². The van der Waals surface area contributed by atoms with Crippen molar-refractivity contribution in [2.75, 3.05) is 17.6 Å². The summed E-state index contributed by atoms with van der Waals surface area (Å²) in [7, 11) is 0. The monoisotopic (exact) mass is 387 g/mol. The Hall–Kier alpha value is -2.45. The lowest BCUT2D eigenvalue weighted by atomic mass is 10.1. The topological polar surface area (TPSA) is 84.7 Å². The van der Waals surface area contributed by atoms with E-state index in [9.17, 15) is 22.8 Å². The standard InChI is InChI=1S/C18H24F3N3O3/c1-10-8-11(18(19,20)21)14(22)12(9-10)23-15(25)13-6-5-7-24(13)16(26)27-17(2,3)4/h8-9,13H,5-7,22H2,1-4H3,(H,23,25)/t13-/m1/s1. The van der Waals surface area contributed by atoms with Crippen LogP contribution in [-0.4, -0.2) is 35.1 Å². The number of rotatable bonds is 2. The van der Waals surface area contributed by atoms with Gasteiger partial charge in [0.25, 0.3) is 0 Å². The van der Waals surface area contributed by atoms with Gasteiger partial charge in [0, 0.05) is 6.54 Å². The van der Waals surface area contributed by atoms with Gasteiger partial charge in [-0.1, -0.05) is 0 Å². The fraction of sp³-hybridized carbons (Fsp3) is 0.556. The molecule has 1 atom stereocenters. The number of ether oxygens (including phenoxy) is 1. The summed E-state index contributed by atoms with van der Waals surface area (Å²) in [6.07, 6.45) is -4.28. The average molecular weight is 387 g/mol. The first-order valence-corrected chi connectivity index (χ1v) is 8.57. The third kappa shape index (κ3) is 5.05. The van der Waals surface area contributed by atoms with E-state index in [2.05, 4.69) is 5.32 Å². The molecule has 1 aromatic carbocycles. The number of carbonyl (C=O) groups is 2. The van der Waals surface area contributed by atoms with Crippen molar-refractivity contribution in [2.45, 2.75) is 58.4 Å². The molecule has 2 rings (SSSR count). The number of amides is 2. The van der Waals surface area contributed by atoms with Crippen LogP contribution in [0.25, 0.3) is 0 Å². The molecule has 0 radical (unpaired) electrons. The largest absolute Gasteiger partial charge is 0.444 e. The second-order valence-corrected chi connectivity index (χ2v) is 7.59. The Morgan fingerprint density at radius 2 is 1.89 bits per heavy atom. The second-order valence-electron chi connectivity index (χ2n) is 7.59. The second kappa shape index (κ2) is 7.28. The van der Waals surface area contributed by atoms with Crippen molar-refractivity contribution in [3.05, 3.63) is 23.3 Å². The maximum atomic E-state index is 13.1. The van der Waals surface area contributed by atoms with Crippen LogP contribution in [0.4, 0.5) is 29.3 Å². The number of aryl methyl sites for hydroxylation is 1. The van der Waals surface area contributed by atoms with E-state index in [-0.39, 0.29) is 5.69 Å². The molecule has 0 unspecified atom stereocenters. The number of likely N-dealkylation sites (tertiary alicyclic amines) is 1. The van der Waals surface area contributed by atoms with Crippen LogP contribution in [-0.2, 0) is 15.7 Å². The van der Waals surface area contributed by atoms with E-state index in [1.165, 1.54) is 17.9 Å². The molecule has 0 aromatic heterocycles. The van der Waals surface area contributed by atoms with Crippen LogP contribution in [0.2, 0.25) is 0 Å². The van der Waals surface area contributed by atoms with Crippen molar-refractivity contribution < 1.29 is 27.5 Å². The number of hydrogen-bond acceptors (Lipinski definition) is 4. The van der Waals surface area contributed by atoms with E-state index in [1.54, 1.807) is 20.8 Å². The molecular formula is C18H24F3N3O3. The Bertz CT molecular complexity index is 742. The van der Waals surface area contributed by atoms with Gasteiger partial charge in [-0.05, 0) is 58.2 Å². The zero-order valence-electron chi connectivity index (χ0n) is 15.7. The number of alkyl halides is 3. The van der Waals surface area contributed by atoms with E-state index >= 15 is 0 Å². The van der Waals surface area contributed by atoms with E-state index in [0.717, 1.165) is 6.07 Å². The molecule has 1 aliphatic rings. The van der Waals surface area contributed by atoms with Gasteiger partial charge in [-0.25, -0.2) is 4.79 Å². The first-order chi connectivity index (χ1) is 12.3. The molecule has 1 aliphatic heterocycles. The third-order valence-electron chi connectivity index (χ3n) is 4.07.